The summed E-state index contributed by atoms with van der Waals surface area (Å²) in [5, 5.41) is 12.6. The highest BCUT2D eigenvalue weighted by atomic mass is 16.4. The molecule has 0 aromatic heterocycles. The molecule has 1 aromatic carbocycles. The van der Waals surface area contributed by atoms with Crippen molar-refractivity contribution in [3.63, 3.8) is 0 Å². The fourth-order valence-corrected chi connectivity index (χ4v) is 2.48. The Balaban J connectivity index is 2.48. The Morgan fingerprint density at radius 2 is 1.86 bits per heavy atom. The third kappa shape index (κ3) is 6.27. The molecule has 0 aliphatic heterocycles. The number of hydrogen-bond donors (Lipinski definition) is 2. The minimum absolute atomic E-state index is 0.230. The largest absolute Gasteiger partial charge is 0.480 e. The Morgan fingerprint density at radius 3 is 2.38 bits per heavy atom. The van der Waals surface area contributed by atoms with Crippen LogP contribution >= 0.6 is 0 Å². The molecule has 0 fully saturated rings. The van der Waals surface area contributed by atoms with E-state index in [9.17, 15) is 9.90 Å². The van der Waals surface area contributed by atoms with Gasteiger partial charge in [-0.2, -0.15) is 0 Å². The van der Waals surface area contributed by atoms with Crippen molar-refractivity contribution in [2.75, 3.05) is 26.2 Å². The van der Waals surface area contributed by atoms with Crippen molar-refractivity contribution in [2.24, 2.45) is 0 Å². The summed E-state index contributed by atoms with van der Waals surface area (Å²) in [6, 6.07) is 9.59. The first kappa shape index (κ1) is 17.7. The Hall–Kier alpha value is -1.39. The average molecular weight is 292 g/mol. The summed E-state index contributed by atoms with van der Waals surface area (Å²) >= 11 is 0. The van der Waals surface area contributed by atoms with E-state index in [0.717, 1.165) is 19.6 Å². The van der Waals surface area contributed by atoms with Crippen molar-refractivity contribution < 1.29 is 9.90 Å². The van der Waals surface area contributed by atoms with Crippen molar-refractivity contribution in [3.05, 3.63) is 35.9 Å². The van der Waals surface area contributed by atoms with Crippen LogP contribution in [0.3, 0.4) is 0 Å². The molecule has 4 nitrogen and oxygen atoms in total. The zero-order valence-electron chi connectivity index (χ0n) is 13.4. The minimum Gasteiger partial charge on any atom is -0.480 e. The molecule has 0 spiro atoms. The van der Waals surface area contributed by atoms with E-state index in [1.807, 2.05) is 18.2 Å². The maximum absolute atomic E-state index is 11.4. The van der Waals surface area contributed by atoms with Gasteiger partial charge < -0.3 is 15.3 Å². The van der Waals surface area contributed by atoms with Gasteiger partial charge in [-0.15, -0.1) is 0 Å². The lowest BCUT2D eigenvalue weighted by Gasteiger charge is -2.22. The predicted octanol–water partition coefficient (Wildman–Crippen LogP) is 2.56. The fraction of sp³-hybridized carbons (Fsp3) is 0.588. The number of carbonyl (C=O) groups is 1. The molecule has 0 saturated heterocycles. The molecule has 0 saturated carbocycles. The summed E-state index contributed by atoms with van der Waals surface area (Å²) in [6.45, 7) is 9.91. The van der Waals surface area contributed by atoms with Crippen LogP contribution in [0.5, 0.6) is 0 Å². The van der Waals surface area contributed by atoms with Gasteiger partial charge in [0.15, 0.2) is 0 Å². The van der Waals surface area contributed by atoms with Gasteiger partial charge >= 0.3 is 5.97 Å². The normalized spacial score (nSPS) is 14.1. The van der Waals surface area contributed by atoms with Crippen LogP contribution in [0, 0.1) is 0 Å². The molecular formula is C17H28N2O2. The highest BCUT2D eigenvalue weighted by Gasteiger charge is 2.20. The van der Waals surface area contributed by atoms with Crippen molar-refractivity contribution in [1.29, 1.82) is 0 Å². The number of hydrogen-bond acceptors (Lipinski definition) is 3. The van der Waals surface area contributed by atoms with E-state index in [1.165, 1.54) is 5.56 Å². The fourth-order valence-electron chi connectivity index (χ4n) is 2.48. The third-order valence-electron chi connectivity index (χ3n) is 3.97. The van der Waals surface area contributed by atoms with E-state index in [-0.39, 0.29) is 5.92 Å². The molecule has 118 valence electrons. The number of benzene rings is 1. The second kappa shape index (κ2) is 9.53. The van der Waals surface area contributed by atoms with E-state index in [0.29, 0.717) is 13.0 Å². The highest BCUT2D eigenvalue weighted by molar-refractivity contribution is 5.73. The molecule has 0 aliphatic carbocycles. The summed E-state index contributed by atoms with van der Waals surface area (Å²) in [5.74, 6) is -0.536. The van der Waals surface area contributed by atoms with Gasteiger partial charge in [-0.1, -0.05) is 51.1 Å². The maximum Gasteiger partial charge on any atom is 0.320 e. The standard InChI is InChI=1S/C17H28N2O2/c1-4-19(5-2)12-11-18-16(17(20)21)13-14(3)15-9-7-6-8-10-15/h6-10,14,16,18H,4-5,11-13H2,1-3H3,(H,20,21). The lowest BCUT2D eigenvalue weighted by Crippen LogP contribution is -2.42. The molecule has 0 radical (unpaired) electrons. The third-order valence-corrected chi connectivity index (χ3v) is 3.97. The minimum atomic E-state index is -0.766. The maximum atomic E-state index is 11.4. The van der Waals surface area contributed by atoms with Gasteiger partial charge in [-0.05, 0) is 31.0 Å². The van der Waals surface area contributed by atoms with Crippen LogP contribution < -0.4 is 5.32 Å². The van der Waals surface area contributed by atoms with Crippen LogP contribution in [-0.4, -0.2) is 48.2 Å². The molecular weight excluding hydrogens is 264 g/mol. The van der Waals surface area contributed by atoms with E-state index in [4.69, 9.17) is 0 Å². The first-order chi connectivity index (χ1) is 10.1. The molecule has 0 heterocycles. The lowest BCUT2D eigenvalue weighted by molar-refractivity contribution is -0.139. The number of carboxylic acid groups (broad SMARTS) is 1. The number of nitrogens with one attached hydrogen (secondary N) is 1. The number of likely N-dealkylation sites (N-methyl/N-ethyl adjacent to an activating group) is 1. The van der Waals surface area contributed by atoms with Gasteiger partial charge in [-0.3, -0.25) is 4.79 Å². The van der Waals surface area contributed by atoms with Crippen molar-refractivity contribution >= 4 is 5.97 Å². The zero-order chi connectivity index (χ0) is 15.7. The first-order valence-corrected chi connectivity index (χ1v) is 7.81. The van der Waals surface area contributed by atoms with E-state index in [2.05, 4.69) is 43.1 Å². The van der Waals surface area contributed by atoms with E-state index >= 15 is 0 Å². The highest BCUT2D eigenvalue weighted by Crippen LogP contribution is 2.20. The molecule has 4 heteroatoms. The number of nitrogens with zero attached hydrogens (tertiary/aromatic N) is 1. The molecule has 2 atom stereocenters. The van der Waals surface area contributed by atoms with Gasteiger partial charge in [0.25, 0.3) is 0 Å². The Bertz CT molecular complexity index is 405. The molecule has 21 heavy (non-hydrogen) atoms. The van der Waals surface area contributed by atoms with Gasteiger partial charge in [-0.25, -0.2) is 0 Å². The zero-order valence-corrected chi connectivity index (χ0v) is 13.4. The predicted molar refractivity (Wildman–Crippen MR) is 86.7 cm³/mol. The lowest BCUT2D eigenvalue weighted by atomic mass is 9.94. The molecule has 2 N–H and O–H groups in total. The summed E-state index contributed by atoms with van der Waals surface area (Å²) in [6.07, 6.45) is 0.609. The summed E-state index contributed by atoms with van der Waals surface area (Å²) in [4.78, 5) is 13.7. The Labute approximate surface area is 128 Å². The van der Waals surface area contributed by atoms with Gasteiger partial charge in [0, 0.05) is 13.1 Å². The average Bonchev–Trinajstić information content (AvgIpc) is 2.51. The van der Waals surface area contributed by atoms with Crippen molar-refractivity contribution in [1.82, 2.24) is 10.2 Å². The summed E-state index contributed by atoms with van der Waals surface area (Å²) < 4.78 is 0. The Kier molecular flexibility index (Phi) is 8.01. The SMILES string of the molecule is CCN(CC)CCNC(CC(C)c1ccccc1)C(=O)O. The topological polar surface area (TPSA) is 52.6 Å². The van der Waals surface area contributed by atoms with Gasteiger partial charge in [0.1, 0.15) is 6.04 Å². The van der Waals surface area contributed by atoms with Crippen LogP contribution in [-0.2, 0) is 4.79 Å². The Morgan fingerprint density at radius 1 is 1.24 bits per heavy atom. The first-order valence-electron chi connectivity index (χ1n) is 7.81. The van der Waals surface area contributed by atoms with Crippen LogP contribution in [0.15, 0.2) is 30.3 Å². The number of aliphatic carboxylic acids is 1. The van der Waals surface area contributed by atoms with Crippen LogP contribution in [0.4, 0.5) is 0 Å². The van der Waals surface area contributed by atoms with Crippen LogP contribution in [0.25, 0.3) is 0 Å². The van der Waals surface area contributed by atoms with Gasteiger partial charge in [0.05, 0.1) is 0 Å². The van der Waals surface area contributed by atoms with E-state index in [1.54, 1.807) is 0 Å². The van der Waals surface area contributed by atoms with Crippen LogP contribution in [0.1, 0.15) is 38.7 Å². The second-order valence-corrected chi connectivity index (χ2v) is 5.42. The quantitative estimate of drug-likeness (QED) is 0.696. The second-order valence-electron chi connectivity index (χ2n) is 5.42. The van der Waals surface area contributed by atoms with Crippen LogP contribution in [0.2, 0.25) is 0 Å². The smallest absolute Gasteiger partial charge is 0.320 e. The molecule has 2 unspecified atom stereocenters. The molecule has 0 aliphatic rings. The number of rotatable bonds is 10. The summed E-state index contributed by atoms with van der Waals surface area (Å²) in [7, 11) is 0. The molecule has 0 bridgehead atoms. The van der Waals surface area contributed by atoms with Crippen molar-refractivity contribution in [3.8, 4) is 0 Å². The number of carboxylic acids is 1. The van der Waals surface area contributed by atoms with Crippen molar-refractivity contribution in [2.45, 2.75) is 39.2 Å². The molecule has 0 amide bonds. The monoisotopic (exact) mass is 292 g/mol. The van der Waals surface area contributed by atoms with E-state index < -0.39 is 12.0 Å². The van der Waals surface area contributed by atoms with Gasteiger partial charge in [0.2, 0.25) is 0 Å². The molecule has 1 aromatic rings. The molecule has 1 rings (SSSR count). The summed E-state index contributed by atoms with van der Waals surface area (Å²) in [5.41, 5.74) is 1.19.